The Balaban J connectivity index is 1.42. The van der Waals surface area contributed by atoms with Gasteiger partial charge in [-0.1, -0.05) is 24.3 Å². The second kappa shape index (κ2) is 10.8. The smallest absolute Gasteiger partial charge is 0.256 e. The maximum absolute atomic E-state index is 13.9. The molecule has 1 aliphatic heterocycles. The first-order valence-electron chi connectivity index (χ1n) is 10.5. The number of hydrogen-bond donors (Lipinski definition) is 1. The highest BCUT2D eigenvalue weighted by Gasteiger charge is 2.25. The van der Waals surface area contributed by atoms with Crippen LogP contribution in [0.4, 0.5) is 4.39 Å². The first-order chi connectivity index (χ1) is 15.0. The van der Waals surface area contributed by atoms with Crippen LogP contribution in [0.25, 0.3) is 0 Å². The van der Waals surface area contributed by atoms with Crippen molar-refractivity contribution in [2.24, 2.45) is 5.92 Å². The minimum absolute atomic E-state index is 0.0188. The predicted octanol–water partition coefficient (Wildman–Crippen LogP) is 3.79. The van der Waals surface area contributed by atoms with Gasteiger partial charge in [-0.25, -0.2) is 4.39 Å². The molecular formula is C24H29FN2O4. The van der Waals surface area contributed by atoms with E-state index in [-0.39, 0.29) is 17.4 Å². The standard InChI is InChI=1S/C24H29FN2O4/c1-30-21-9-5-6-18(23(21)31-2)16-26-22(28)11-10-17-12-14-27(15-13-17)24(29)19-7-3-4-8-20(19)25/h3-9,17H,10-16H2,1-2H3,(H,26,28). The molecule has 0 radical (unpaired) electrons. The number of likely N-dealkylation sites (tertiary alicyclic amines) is 1. The van der Waals surface area contributed by atoms with Crippen LogP contribution >= 0.6 is 0 Å². The van der Waals surface area contributed by atoms with Crippen molar-refractivity contribution >= 4 is 11.8 Å². The van der Waals surface area contributed by atoms with E-state index in [2.05, 4.69) is 5.32 Å². The van der Waals surface area contributed by atoms with E-state index in [4.69, 9.17) is 9.47 Å². The molecule has 2 aromatic carbocycles. The molecular weight excluding hydrogens is 399 g/mol. The van der Waals surface area contributed by atoms with E-state index in [1.54, 1.807) is 31.3 Å². The first kappa shape index (κ1) is 22.6. The van der Waals surface area contributed by atoms with E-state index >= 15 is 0 Å². The van der Waals surface area contributed by atoms with Gasteiger partial charge in [-0.3, -0.25) is 9.59 Å². The van der Waals surface area contributed by atoms with Gasteiger partial charge in [-0.05, 0) is 43.4 Å². The summed E-state index contributed by atoms with van der Waals surface area (Å²) in [4.78, 5) is 26.5. The Bertz CT molecular complexity index is 910. The second-order valence-corrected chi connectivity index (χ2v) is 7.68. The van der Waals surface area contributed by atoms with E-state index in [1.807, 2.05) is 18.2 Å². The van der Waals surface area contributed by atoms with Crippen LogP contribution in [-0.2, 0) is 11.3 Å². The van der Waals surface area contributed by atoms with Gasteiger partial charge in [0.25, 0.3) is 5.91 Å². The van der Waals surface area contributed by atoms with Crippen molar-refractivity contribution in [3.63, 3.8) is 0 Å². The Morgan fingerprint density at radius 3 is 2.48 bits per heavy atom. The number of rotatable bonds is 8. The molecule has 3 rings (SSSR count). The van der Waals surface area contributed by atoms with Gasteiger partial charge in [0.1, 0.15) is 5.82 Å². The van der Waals surface area contributed by atoms with Gasteiger partial charge in [0, 0.05) is 31.6 Å². The lowest BCUT2D eigenvalue weighted by atomic mass is 9.91. The number of nitrogens with one attached hydrogen (secondary N) is 1. The molecule has 0 saturated carbocycles. The third-order valence-corrected chi connectivity index (χ3v) is 5.75. The number of amides is 2. The lowest BCUT2D eigenvalue weighted by Gasteiger charge is -2.32. The average molecular weight is 429 g/mol. The summed E-state index contributed by atoms with van der Waals surface area (Å²) in [7, 11) is 3.15. The summed E-state index contributed by atoms with van der Waals surface area (Å²) in [6.07, 6.45) is 2.83. The van der Waals surface area contributed by atoms with Gasteiger partial charge >= 0.3 is 0 Å². The highest BCUT2D eigenvalue weighted by Crippen LogP contribution is 2.30. The molecule has 7 heteroatoms. The average Bonchev–Trinajstić information content (AvgIpc) is 2.81. The summed E-state index contributed by atoms with van der Waals surface area (Å²) < 4.78 is 24.5. The summed E-state index contributed by atoms with van der Waals surface area (Å²) in [6, 6.07) is 11.6. The van der Waals surface area contributed by atoms with Gasteiger partial charge in [0.05, 0.1) is 19.8 Å². The van der Waals surface area contributed by atoms with Crippen LogP contribution in [-0.4, -0.2) is 44.0 Å². The van der Waals surface area contributed by atoms with Crippen molar-refractivity contribution in [2.75, 3.05) is 27.3 Å². The Labute approximate surface area is 182 Å². The number of ether oxygens (including phenoxy) is 2. The number of methoxy groups -OCH3 is 2. The van der Waals surface area contributed by atoms with Crippen molar-refractivity contribution in [3.05, 3.63) is 59.4 Å². The largest absolute Gasteiger partial charge is 0.493 e. The lowest BCUT2D eigenvalue weighted by molar-refractivity contribution is -0.121. The summed E-state index contributed by atoms with van der Waals surface area (Å²) in [5, 5.41) is 2.94. The molecule has 2 amide bonds. The second-order valence-electron chi connectivity index (χ2n) is 7.68. The van der Waals surface area contributed by atoms with Crippen molar-refractivity contribution in [1.29, 1.82) is 0 Å². The normalized spacial score (nSPS) is 14.2. The Kier molecular flexibility index (Phi) is 7.87. The van der Waals surface area contributed by atoms with Crippen molar-refractivity contribution < 1.29 is 23.5 Å². The predicted molar refractivity (Wildman–Crippen MR) is 116 cm³/mol. The van der Waals surface area contributed by atoms with Crippen LogP contribution in [0.15, 0.2) is 42.5 Å². The number of piperidine rings is 1. The molecule has 166 valence electrons. The van der Waals surface area contributed by atoms with Crippen molar-refractivity contribution in [1.82, 2.24) is 10.2 Å². The van der Waals surface area contributed by atoms with Crippen molar-refractivity contribution in [2.45, 2.75) is 32.2 Å². The van der Waals surface area contributed by atoms with E-state index in [0.717, 1.165) is 24.8 Å². The fraction of sp³-hybridized carbons (Fsp3) is 0.417. The third kappa shape index (κ3) is 5.75. The topological polar surface area (TPSA) is 67.9 Å². The first-order valence-corrected chi connectivity index (χ1v) is 10.5. The van der Waals surface area contributed by atoms with Gasteiger partial charge in [-0.15, -0.1) is 0 Å². The van der Waals surface area contributed by atoms with Crippen LogP contribution in [0, 0.1) is 11.7 Å². The third-order valence-electron chi connectivity index (χ3n) is 5.75. The van der Waals surface area contributed by atoms with Gasteiger partial charge in [0.15, 0.2) is 11.5 Å². The maximum atomic E-state index is 13.9. The molecule has 0 atom stereocenters. The number of halogens is 1. The number of nitrogens with zero attached hydrogens (tertiary/aromatic N) is 1. The molecule has 1 N–H and O–H groups in total. The SMILES string of the molecule is COc1cccc(CNC(=O)CCC2CCN(C(=O)c3ccccc3F)CC2)c1OC. The van der Waals surface area contributed by atoms with Gasteiger partial charge in [-0.2, -0.15) is 0 Å². The minimum atomic E-state index is -0.487. The summed E-state index contributed by atoms with van der Waals surface area (Å²) in [5.74, 6) is 0.861. The number of carbonyl (C=O) groups excluding carboxylic acids is 2. The molecule has 6 nitrogen and oxygen atoms in total. The monoisotopic (exact) mass is 428 g/mol. The zero-order valence-corrected chi connectivity index (χ0v) is 18.0. The minimum Gasteiger partial charge on any atom is -0.493 e. The fourth-order valence-electron chi connectivity index (χ4n) is 3.94. The molecule has 2 aromatic rings. The molecule has 0 bridgehead atoms. The Hall–Kier alpha value is -3.09. The van der Waals surface area contributed by atoms with Crippen LogP contribution < -0.4 is 14.8 Å². The van der Waals surface area contributed by atoms with E-state index in [0.29, 0.717) is 43.5 Å². The molecule has 1 heterocycles. The number of benzene rings is 2. The fourth-order valence-corrected chi connectivity index (χ4v) is 3.94. The highest BCUT2D eigenvalue weighted by atomic mass is 19.1. The highest BCUT2D eigenvalue weighted by molar-refractivity contribution is 5.94. The van der Waals surface area contributed by atoms with Crippen LogP contribution in [0.1, 0.15) is 41.6 Å². The molecule has 1 aliphatic rings. The zero-order valence-electron chi connectivity index (χ0n) is 18.0. The number of carbonyl (C=O) groups is 2. The Morgan fingerprint density at radius 1 is 1.06 bits per heavy atom. The maximum Gasteiger partial charge on any atom is 0.256 e. The number of para-hydroxylation sites is 1. The molecule has 1 saturated heterocycles. The number of hydrogen-bond acceptors (Lipinski definition) is 4. The molecule has 0 unspecified atom stereocenters. The Morgan fingerprint density at radius 2 is 1.81 bits per heavy atom. The lowest BCUT2D eigenvalue weighted by Crippen LogP contribution is -2.39. The quantitative estimate of drug-likeness (QED) is 0.695. The summed E-state index contributed by atoms with van der Waals surface area (Å²) >= 11 is 0. The molecule has 0 aromatic heterocycles. The van der Waals surface area contributed by atoms with E-state index < -0.39 is 5.82 Å². The summed E-state index contributed by atoms with van der Waals surface area (Å²) in [6.45, 7) is 1.54. The van der Waals surface area contributed by atoms with E-state index in [9.17, 15) is 14.0 Å². The van der Waals surface area contributed by atoms with Crippen LogP contribution in [0.3, 0.4) is 0 Å². The van der Waals surface area contributed by atoms with Crippen LogP contribution in [0.5, 0.6) is 11.5 Å². The molecule has 0 spiro atoms. The van der Waals surface area contributed by atoms with Gasteiger partial charge in [0.2, 0.25) is 5.91 Å². The van der Waals surface area contributed by atoms with E-state index in [1.165, 1.54) is 12.1 Å². The molecule has 1 fully saturated rings. The van der Waals surface area contributed by atoms with Crippen molar-refractivity contribution in [3.8, 4) is 11.5 Å². The van der Waals surface area contributed by atoms with Gasteiger partial charge < -0.3 is 19.7 Å². The zero-order chi connectivity index (χ0) is 22.2. The van der Waals surface area contributed by atoms with Crippen LogP contribution in [0.2, 0.25) is 0 Å². The molecule has 0 aliphatic carbocycles. The molecule has 31 heavy (non-hydrogen) atoms. The summed E-state index contributed by atoms with van der Waals surface area (Å²) in [5.41, 5.74) is 0.975.